The smallest absolute Gasteiger partial charge is 0.317 e. The average molecular weight is 333 g/mol. The van der Waals surface area contributed by atoms with Gasteiger partial charge in [0.25, 0.3) is 0 Å². The molecule has 1 aromatic carbocycles. The van der Waals surface area contributed by atoms with E-state index in [-0.39, 0.29) is 6.03 Å². The minimum Gasteiger partial charge on any atom is -0.382 e. The maximum Gasteiger partial charge on any atom is 0.317 e. The molecule has 0 atom stereocenters. The second-order valence-electron chi connectivity index (χ2n) is 4.23. The van der Waals surface area contributed by atoms with Crippen molar-refractivity contribution in [1.82, 2.24) is 10.2 Å². The Kier molecular flexibility index (Phi) is 4.35. The zero-order chi connectivity index (χ0) is 13.1. The lowest BCUT2D eigenvalue weighted by molar-refractivity contribution is 0.219. The SMILES string of the molecule is Cc1cc(Br)c(NCCN2CCNC2=O)cc1Cl. The van der Waals surface area contributed by atoms with Gasteiger partial charge in [0, 0.05) is 41.4 Å². The molecule has 2 rings (SSSR count). The van der Waals surface area contributed by atoms with Crippen LogP contribution in [0.5, 0.6) is 0 Å². The van der Waals surface area contributed by atoms with E-state index in [4.69, 9.17) is 11.6 Å². The first kappa shape index (κ1) is 13.5. The van der Waals surface area contributed by atoms with Crippen LogP contribution in [0.1, 0.15) is 5.56 Å². The number of rotatable bonds is 4. The molecule has 18 heavy (non-hydrogen) atoms. The molecule has 4 nitrogen and oxygen atoms in total. The molecule has 0 unspecified atom stereocenters. The van der Waals surface area contributed by atoms with Crippen LogP contribution >= 0.6 is 27.5 Å². The Bertz CT molecular complexity index is 467. The second-order valence-corrected chi connectivity index (χ2v) is 5.49. The number of anilines is 1. The molecule has 0 saturated carbocycles. The van der Waals surface area contributed by atoms with Crippen molar-refractivity contribution in [1.29, 1.82) is 0 Å². The lowest BCUT2D eigenvalue weighted by atomic mass is 10.2. The van der Waals surface area contributed by atoms with Crippen molar-refractivity contribution in [3.63, 3.8) is 0 Å². The van der Waals surface area contributed by atoms with Crippen LogP contribution in [0.15, 0.2) is 16.6 Å². The normalized spacial score (nSPS) is 14.8. The number of halogens is 2. The summed E-state index contributed by atoms with van der Waals surface area (Å²) in [5.74, 6) is 0. The third-order valence-electron chi connectivity index (χ3n) is 2.89. The number of aryl methyl sites for hydroxylation is 1. The molecule has 1 saturated heterocycles. The Morgan fingerprint density at radius 2 is 2.33 bits per heavy atom. The summed E-state index contributed by atoms with van der Waals surface area (Å²) < 4.78 is 0.982. The summed E-state index contributed by atoms with van der Waals surface area (Å²) in [5.41, 5.74) is 1.98. The van der Waals surface area contributed by atoms with Crippen LogP contribution < -0.4 is 10.6 Å². The van der Waals surface area contributed by atoms with Gasteiger partial charge in [-0.3, -0.25) is 0 Å². The number of nitrogens with one attached hydrogen (secondary N) is 2. The van der Waals surface area contributed by atoms with Gasteiger partial charge < -0.3 is 15.5 Å². The third-order valence-corrected chi connectivity index (χ3v) is 3.95. The highest BCUT2D eigenvalue weighted by molar-refractivity contribution is 9.10. The summed E-state index contributed by atoms with van der Waals surface area (Å²) in [6.07, 6.45) is 0. The molecule has 0 bridgehead atoms. The van der Waals surface area contributed by atoms with Crippen molar-refractivity contribution >= 4 is 39.2 Å². The Labute approximate surface area is 120 Å². The Balaban J connectivity index is 1.90. The molecule has 0 radical (unpaired) electrons. The summed E-state index contributed by atoms with van der Waals surface area (Å²) in [7, 11) is 0. The first-order chi connectivity index (χ1) is 8.58. The minimum atomic E-state index is 0.0119. The molecule has 1 aliphatic heterocycles. The van der Waals surface area contributed by atoms with Crippen LogP contribution in [0.4, 0.5) is 10.5 Å². The van der Waals surface area contributed by atoms with Gasteiger partial charge in [0.2, 0.25) is 0 Å². The highest BCUT2D eigenvalue weighted by Gasteiger charge is 2.18. The fourth-order valence-electron chi connectivity index (χ4n) is 1.83. The van der Waals surface area contributed by atoms with Crippen LogP contribution in [-0.2, 0) is 0 Å². The molecule has 1 aromatic rings. The van der Waals surface area contributed by atoms with Crippen LogP contribution in [0.25, 0.3) is 0 Å². The molecule has 1 fully saturated rings. The number of carbonyl (C=O) groups is 1. The zero-order valence-corrected chi connectivity index (χ0v) is 12.4. The Morgan fingerprint density at radius 1 is 1.56 bits per heavy atom. The van der Waals surface area contributed by atoms with Gasteiger partial charge in [-0.2, -0.15) is 0 Å². The zero-order valence-electron chi connectivity index (χ0n) is 10.1. The van der Waals surface area contributed by atoms with Crippen LogP contribution in [0.2, 0.25) is 5.02 Å². The van der Waals surface area contributed by atoms with Crippen molar-refractivity contribution in [2.45, 2.75) is 6.92 Å². The molecule has 0 aromatic heterocycles. The predicted octanol–water partition coefficient (Wildman–Crippen LogP) is 2.85. The fraction of sp³-hybridized carbons (Fsp3) is 0.417. The molecule has 0 spiro atoms. The minimum absolute atomic E-state index is 0.0119. The molecule has 0 aliphatic carbocycles. The molecular weight excluding hydrogens is 318 g/mol. The van der Waals surface area contributed by atoms with Crippen LogP contribution in [0, 0.1) is 6.92 Å². The summed E-state index contributed by atoms with van der Waals surface area (Å²) in [4.78, 5) is 13.1. The van der Waals surface area contributed by atoms with E-state index >= 15 is 0 Å². The Hall–Kier alpha value is -0.940. The van der Waals surface area contributed by atoms with Crippen molar-refractivity contribution in [3.8, 4) is 0 Å². The highest BCUT2D eigenvalue weighted by atomic mass is 79.9. The number of nitrogens with zero attached hydrogens (tertiary/aromatic N) is 1. The number of hydrogen-bond donors (Lipinski definition) is 2. The van der Waals surface area contributed by atoms with Gasteiger partial charge in [-0.15, -0.1) is 0 Å². The standard InChI is InChI=1S/C12H15BrClN3O/c1-8-6-9(13)11(7-10(8)14)15-2-4-17-5-3-16-12(17)18/h6-7,15H,2-5H2,1H3,(H,16,18). The molecule has 2 N–H and O–H groups in total. The maximum atomic E-state index is 11.3. The summed E-state index contributed by atoms with van der Waals surface area (Å²) in [6.45, 7) is 4.86. The predicted molar refractivity (Wildman–Crippen MR) is 77.4 cm³/mol. The average Bonchev–Trinajstić information content (AvgIpc) is 2.72. The van der Waals surface area contributed by atoms with Crippen molar-refractivity contribution in [3.05, 3.63) is 27.2 Å². The molecular formula is C12H15BrClN3O. The van der Waals surface area contributed by atoms with E-state index in [1.165, 1.54) is 0 Å². The number of carbonyl (C=O) groups excluding carboxylic acids is 1. The van der Waals surface area contributed by atoms with E-state index in [0.717, 1.165) is 33.8 Å². The third kappa shape index (κ3) is 3.09. The van der Waals surface area contributed by atoms with Gasteiger partial charge in [0.05, 0.1) is 0 Å². The van der Waals surface area contributed by atoms with Crippen LogP contribution in [-0.4, -0.2) is 37.1 Å². The summed E-state index contributed by atoms with van der Waals surface area (Å²) in [6, 6.07) is 3.89. The van der Waals surface area contributed by atoms with Crippen molar-refractivity contribution in [2.24, 2.45) is 0 Å². The molecule has 98 valence electrons. The molecule has 1 heterocycles. The van der Waals surface area contributed by atoms with Gasteiger partial charge in [-0.05, 0) is 40.5 Å². The summed E-state index contributed by atoms with van der Waals surface area (Å²) >= 11 is 9.57. The Morgan fingerprint density at radius 3 is 3.00 bits per heavy atom. The van der Waals surface area contributed by atoms with Gasteiger partial charge in [-0.25, -0.2) is 4.79 Å². The van der Waals surface area contributed by atoms with Gasteiger partial charge in [0.1, 0.15) is 0 Å². The topological polar surface area (TPSA) is 44.4 Å². The quantitative estimate of drug-likeness (QED) is 0.890. The van der Waals surface area contributed by atoms with E-state index in [1.54, 1.807) is 4.90 Å². The lowest BCUT2D eigenvalue weighted by Gasteiger charge is -2.16. The van der Waals surface area contributed by atoms with Crippen LogP contribution in [0.3, 0.4) is 0 Å². The maximum absolute atomic E-state index is 11.3. The summed E-state index contributed by atoms with van der Waals surface area (Å²) in [5, 5.41) is 6.79. The number of urea groups is 1. The van der Waals surface area contributed by atoms with E-state index < -0.39 is 0 Å². The van der Waals surface area contributed by atoms with E-state index in [0.29, 0.717) is 13.1 Å². The van der Waals surface area contributed by atoms with E-state index in [2.05, 4.69) is 26.6 Å². The van der Waals surface area contributed by atoms with Crippen molar-refractivity contribution in [2.75, 3.05) is 31.5 Å². The largest absolute Gasteiger partial charge is 0.382 e. The van der Waals surface area contributed by atoms with Gasteiger partial charge in [0.15, 0.2) is 0 Å². The van der Waals surface area contributed by atoms with Gasteiger partial charge in [-0.1, -0.05) is 11.6 Å². The number of benzene rings is 1. The lowest BCUT2D eigenvalue weighted by Crippen LogP contribution is -2.32. The van der Waals surface area contributed by atoms with E-state index in [1.807, 2.05) is 19.1 Å². The second kappa shape index (κ2) is 5.80. The fourth-order valence-corrected chi connectivity index (χ4v) is 2.59. The van der Waals surface area contributed by atoms with Gasteiger partial charge >= 0.3 is 6.03 Å². The number of amides is 2. The van der Waals surface area contributed by atoms with Crippen molar-refractivity contribution < 1.29 is 4.79 Å². The molecule has 2 amide bonds. The number of hydrogen-bond acceptors (Lipinski definition) is 2. The molecule has 1 aliphatic rings. The first-order valence-electron chi connectivity index (χ1n) is 5.80. The molecule has 6 heteroatoms. The highest BCUT2D eigenvalue weighted by Crippen LogP contribution is 2.28. The first-order valence-corrected chi connectivity index (χ1v) is 6.97. The van der Waals surface area contributed by atoms with E-state index in [9.17, 15) is 4.79 Å². The monoisotopic (exact) mass is 331 g/mol.